The molecule has 13 heteroatoms. The second-order valence-corrected chi connectivity index (χ2v) is 9.97. The molecule has 3 aromatic heterocycles. The summed E-state index contributed by atoms with van der Waals surface area (Å²) in [5.41, 5.74) is -2.25. The molecule has 0 saturated carbocycles. The summed E-state index contributed by atoms with van der Waals surface area (Å²) in [4.78, 5) is 25.5. The van der Waals surface area contributed by atoms with E-state index in [0.717, 1.165) is 4.57 Å². The Morgan fingerprint density at radius 2 is 2.15 bits per heavy atom. The Hall–Kier alpha value is -3.48. The van der Waals surface area contributed by atoms with Crippen LogP contribution in [-0.2, 0) is 23.5 Å². The molecule has 2 N–H and O–H groups in total. The molecule has 0 aliphatic carbocycles. The van der Waals surface area contributed by atoms with Gasteiger partial charge in [0.1, 0.15) is 40.5 Å². The number of aliphatic hydroxyl groups is 1. The average molecular weight is 566 g/mol. The third kappa shape index (κ3) is 5.36. The van der Waals surface area contributed by atoms with Crippen molar-refractivity contribution in [3.63, 3.8) is 0 Å². The number of aromatic nitrogens is 4. The maximum absolute atomic E-state index is 16.4. The number of halogens is 4. The third-order valence-electron chi connectivity index (χ3n) is 6.35. The fourth-order valence-electron chi connectivity index (χ4n) is 4.45. The van der Waals surface area contributed by atoms with Crippen molar-refractivity contribution in [3.8, 4) is 5.75 Å². The summed E-state index contributed by atoms with van der Waals surface area (Å²) in [6.07, 6.45) is 2.16. The minimum absolute atomic E-state index is 0.0913. The molecule has 5 heterocycles. The van der Waals surface area contributed by atoms with Gasteiger partial charge < -0.3 is 19.9 Å². The van der Waals surface area contributed by atoms with Gasteiger partial charge in [0.2, 0.25) is 0 Å². The van der Waals surface area contributed by atoms with Gasteiger partial charge in [-0.15, -0.1) is 0 Å². The number of ether oxygens (including phenoxy) is 2. The molecule has 0 aromatic carbocycles. The summed E-state index contributed by atoms with van der Waals surface area (Å²) in [5, 5.41) is 12.7. The molecule has 0 spiro atoms. The SMILES string of the molecule is [2H]C([2H])(Oc1cc2n(c(=O)c1Cl)C1C(=CN[C@@H](c3ccnc(C(C)(C)O)n3)[C@H]1F)CCOC2)c1ncc(F)cc1F. The molecule has 39 heavy (non-hydrogen) atoms. The number of hydrogen-bond donors (Lipinski definition) is 2. The molecule has 0 fully saturated rings. The van der Waals surface area contributed by atoms with Crippen LogP contribution in [-0.4, -0.2) is 37.4 Å². The molecule has 0 radical (unpaired) electrons. The van der Waals surface area contributed by atoms with Crippen molar-refractivity contribution in [3.05, 3.63) is 92.3 Å². The molecule has 1 unspecified atom stereocenters. The van der Waals surface area contributed by atoms with E-state index in [2.05, 4.69) is 20.3 Å². The van der Waals surface area contributed by atoms with Crippen LogP contribution in [0.4, 0.5) is 13.2 Å². The van der Waals surface area contributed by atoms with Gasteiger partial charge in [-0.3, -0.25) is 14.3 Å². The first kappa shape index (κ1) is 24.6. The second-order valence-electron chi connectivity index (χ2n) is 9.60. The van der Waals surface area contributed by atoms with Gasteiger partial charge >= 0.3 is 0 Å². The minimum atomic E-state index is -2.95. The van der Waals surface area contributed by atoms with Crippen molar-refractivity contribution in [2.45, 2.75) is 57.3 Å². The number of alkyl halides is 1. The van der Waals surface area contributed by atoms with Gasteiger partial charge in [-0.25, -0.2) is 23.1 Å². The molecule has 0 saturated heterocycles. The highest BCUT2D eigenvalue weighted by Crippen LogP contribution is 2.39. The van der Waals surface area contributed by atoms with Crippen molar-refractivity contribution in [2.75, 3.05) is 6.61 Å². The van der Waals surface area contributed by atoms with Gasteiger partial charge in [0.15, 0.2) is 17.8 Å². The van der Waals surface area contributed by atoms with Crippen molar-refractivity contribution < 1.29 is 30.5 Å². The van der Waals surface area contributed by atoms with E-state index in [4.69, 9.17) is 23.8 Å². The summed E-state index contributed by atoms with van der Waals surface area (Å²) >= 11 is 6.34. The van der Waals surface area contributed by atoms with Crippen LogP contribution in [0.5, 0.6) is 5.75 Å². The molecular formula is C26H25ClF3N5O4. The van der Waals surface area contributed by atoms with Crippen LogP contribution in [0.1, 0.15) is 58.0 Å². The molecule has 9 nitrogen and oxygen atoms in total. The summed E-state index contributed by atoms with van der Waals surface area (Å²) in [7, 11) is 0. The molecule has 2 aliphatic heterocycles. The zero-order valence-corrected chi connectivity index (χ0v) is 21.5. The maximum atomic E-state index is 16.4. The standard InChI is InChI=1S/C26H25ClF3N5O4/c1-26(2,37)25-31-5-3-17(34-25)22-21(30)23-13(9-33-22)4-6-38-11-15-8-19(20(27)24(36)35(15)23)39-12-18-16(29)7-14(28)10-32-18/h3,5,7-10,21-23,33,37H,4,6,11-12H2,1-2H3/t21-,22+,23?/m1/s1/i12D2. The molecule has 206 valence electrons. The van der Waals surface area contributed by atoms with Gasteiger partial charge in [-0.1, -0.05) is 11.6 Å². The van der Waals surface area contributed by atoms with E-state index in [1.54, 1.807) is 6.20 Å². The van der Waals surface area contributed by atoms with E-state index in [9.17, 15) is 18.7 Å². The summed E-state index contributed by atoms with van der Waals surface area (Å²) in [6, 6.07) is 0.992. The van der Waals surface area contributed by atoms with Crippen LogP contribution >= 0.6 is 11.6 Å². The zero-order valence-electron chi connectivity index (χ0n) is 22.8. The summed E-state index contributed by atoms with van der Waals surface area (Å²) < 4.78 is 72.4. The highest BCUT2D eigenvalue weighted by molar-refractivity contribution is 6.31. The number of nitrogens with zero attached hydrogens (tertiary/aromatic N) is 4. The largest absolute Gasteiger partial charge is 0.485 e. The minimum Gasteiger partial charge on any atom is -0.485 e. The first-order valence-electron chi connectivity index (χ1n) is 12.9. The molecule has 3 atom stereocenters. The molecule has 5 rings (SSSR count). The van der Waals surface area contributed by atoms with Gasteiger partial charge in [0, 0.05) is 18.3 Å². The molecule has 0 bridgehead atoms. The summed E-state index contributed by atoms with van der Waals surface area (Å²) in [5.74, 6) is -2.68. The second kappa shape index (κ2) is 10.6. The summed E-state index contributed by atoms with van der Waals surface area (Å²) in [6.45, 7) is 0.0747. The average Bonchev–Trinajstić information content (AvgIpc) is 2.88. The lowest BCUT2D eigenvalue weighted by Gasteiger charge is -2.38. The molecular weight excluding hydrogens is 539 g/mol. The highest BCUT2D eigenvalue weighted by atomic mass is 35.5. The van der Waals surface area contributed by atoms with Crippen molar-refractivity contribution in [2.24, 2.45) is 0 Å². The Balaban J connectivity index is 1.56. The van der Waals surface area contributed by atoms with Gasteiger partial charge in [-0.2, -0.15) is 0 Å². The predicted molar refractivity (Wildman–Crippen MR) is 134 cm³/mol. The van der Waals surface area contributed by atoms with Crippen molar-refractivity contribution in [1.82, 2.24) is 24.8 Å². The van der Waals surface area contributed by atoms with Crippen LogP contribution in [0, 0.1) is 11.6 Å². The first-order chi connectivity index (χ1) is 19.3. The van der Waals surface area contributed by atoms with Crippen LogP contribution in [0.15, 0.2) is 47.2 Å². The number of pyridine rings is 2. The van der Waals surface area contributed by atoms with Crippen molar-refractivity contribution in [1.29, 1.82) is 0 Å². The lowest BCUT2D eigenvalue weighted by Crippen LogP contribution is -2.44. The molecule has 0 amide bonds. The zero-order chi connectivity index (χ0) is 29.7. The van der Waals surface area contributed by atoms with E-state index in [0.29, 0.717) is 24.3 Å². The van der Waals surface area contributed by atoms with E-state index in [1.807, 2.05) is 0 Å². The Bertz CT molecular complexity index is 1580. The monoisotopic (exact) mass is 565 g/mol. The quantitative estimate of drug-likeness (QED) is 0.481. The number of rotatable bonds is 5. The fourth-order valence-corrected chi connectivity index (χ4v) is 4.64. The lowest BCUT2D eigenvalue weighted by molar-refractivity contribution is 0.0675. The van der Waals surface area contributed by atoms with Crippen LogP contribution in [0.2, 0.25) is 5.02 Å². The normalized spacial score (nSPS) is 22.2. The van der Waals surface area contributed by atoms with E-state index < -0.39 is 64.1 Å². The third-order valence-corrected chi connectivity index (χ3v) is 6.70. The van der Waals surface area contributed by atoms with Gasteiger partial charge in [0.25, 0.3) is 5.56 Å². The van der Waals surface area contributed by atoms with E-state index in [1.165, 1.54) is 32.2 Å². The van der Waals surface area contributed by atoms with E-state index in [-0.39, 0.29) is 30.4 Å². The topological polar surface area (TPSA) is 111 Å². The van der Waals surface area contributed by atoms with Crippen LogP contribution in [0.3, 0.4) is 0 Å². The lowest BCUT2D eigenvalue weighted by atomic mass is 9.89. The van der Waals surface area contributed by atoms with Gasteiger partial charge in [0.05, 0.1) is 39.6 Å². The number of hydrogen-bond acceptors (Lipinski definition) is 8. The Morgan fingerprint density at radius 3 is 2.90 bits per heavy atom. The van der Waals surface area contributed by atoms with Crippen LogP contribution < -0.4 is 15.6 Å². The van der Waals surface area contributed by atoms with E-state index >= 15 is 4.39 Å². The predicted octanol–water partition coefficient (Wildman–Crippen LogP) is 3.80. The van der Waals surface area contributed by atoms with Crippen molar-refractivity contribution >= 4 is 11.6 Å². The fraction of sp³-hybridized carbons (Fsp3) is 0.385. The Labute approximate surface area is 229 Å². The maximum Gasteiger partial charge on any atom is 0.274 e. The smallest absolute Gasteiger partial charge is 0.274 e. The number of nitrogens with one attached hydrogen (secondary N) is 1. The number of fused-ring (bicyclic) bond motifs is 3. The first-order valence-corrected chi connectivity index (χ1v) is 12.3. The molecule has 2 aliphatic rings. The van der Waals surface area contributed by atoms with Crippen LogP contribution in [0.25, 0.3) is 0 Å². The van der Waals surface area contributed by atoms with Gasteiger partial charge in [-0.05, 0) is 38.1 Å². The Kier molecular flexibility index (Phi) is 6.67. The molecule has 3 aromatic rings. The Morgan fingerprint density at radius 1 is 1.36 bits per heavy atom. The highest BCUT2D eigenvalue weighted by Gasteiger charge is 2.41.